The average molecular weight is 1030 g/mol. The van der Waals surface area contributed by atoms with Crippen molar-refractivity contribution >= 4 is 57.1 Å². The molecular formula is C62H73ClN8O4. The predicted molar refractivity (Wildman–Crippen MR) is 305 cm³/mol. The molecule has 2 saturated heterocycles. The summed E-state index contributed by atoms with van der Waals surface area (Å²) in [5.74, 6) is 0.0508. The first-order chi connectivity index (χ1) is 36.3. The van der Waals surface area contributed by atoms with E-state index in [4.69, 9.17) is 5.73 Å². The Labute approximate surface area is 449 Å². The minimum Gasteiger partial charge on any atom is -0.399 e. The molecule has 13 heteroatoms. The van der Waals surface area contributed by atoms with Crippen LogP contribution in [0.1, 0.15) is 121 Å². The van der Waals surface area contributed by atoms with Crippen LogP contribution in [0.2, 0.25) is 0 Å². The van der Waals surface area contributed by atoms with Crippen LogP contribution in [-0.2, 0) is 22.7 Å². The number of halogens is 1. The van der Waals surface area contributed by atoms with Crippen molar-refractivity contribution in [1.29, 1.82) is 0 Å². The average Bonchev–Trinajstić information content (AvgIpc) is 3.41. The number of piperidine rings is 2. The van der Waals surface area contributed by atoms with Crippen LogP contribution >= 0.6 is 11.6 Å². The van der Waals surface area contributed by atoms with E-state index in [1.807, 2.05) is 129 Å². The van der Waals surface area contributed by atoms with Crippen LogP contribution in [-0.4, -0.2) is 105 Å². The summed E-state index contributed by atoms with van der Waals surface area (Å²) < 4.78 is 0. The van der Waals surface area contributed by atoms with Gasteiger partial charge in [0.05, 0.1) is 0 Å². The molecule has 2 aromatic heterocycles. The van der Waals surface area contributed by atoms with Crippen molar-refractivity contribution in [2.75, 3.05) is 63.4 Å². The molecule has 12 nitrogen and oxygen atoms in total. The zero-order valence-electron chi connectivity index (χ0n) is 44.5. The quantitative estimate of drug-likeness (QED) is 0.0758. The first-order valence-corrected chi connectivity index (χ1v) is 26.5. The molecule has 0 unspecified atom stereocenters. The highest BCUT2D eigenvalue weighted by Gasteiger charge is 2.23. The molecule has 0 aliphatic carbocycles. The lowest BCUT2D eigenvalue weighted by Gasteiger charge is -2.30. The maximum Gasteiger partial charge on any atom is 0.253 e. The number of amides is 3. The second-order valence-corrected chi connectivity index (χ2v) is 19.2. The van der Waals surface area contributed by atoms with E-state index < -0.39 is 0 Å². The second-order valence-electron chi connectivity index (χ2n) is 18.7. The van der Waals surface area contributed by atoms with Gasteiger partial charge in [-0.3, -0.25) is 38.9 Å². The largest absolute Gasteiger partial charge is 0.399 e. The third-order valence-corrected chi connectivity index (χ3v) is 13.5. The third-order valence-electron chi connectivity index (χ3n) is 13.5. The van der Waals surface area contributed by atoms with Gasteiger partial charge in [0.1, 0.15) is 0 Å². The summed E-state index contributed by atoms with van der Waals surface area (Å²) in [6, 6.07) is 40.5. The normalized spacial score (nSPS) is 13.5. The molecule has 4 aromatic carbocycles. The highest BCUT2D eigenvalue weighted by Crippen LogP contribution is 2.36. The molecule has 6 aromatic rings. The van der Waals surface area contributed by atoms with Crippen molar-refractivity contribution in [1.82, 2.24) is 29.6 Å². The predicted octanol–water partition coefficient (Wildman–Crippen LogP) is 11.6. The van der Waals surface area contributed by atoms with E-state index in [0.717, 1.165) is 104 Å². The number of aromatic nitrogens is 2. The van der Waals surface area contributed by atoms with E-state index in [-0.39, 0.29) is 23.0 Å². The van der Waals surface area contributed by atoms with Gasteiger partial charge in [-0.1, -0.05) is 71.8 Å². The summed E-state index contributed by atoms with van der Waals surface area (Å²) >= 11 is 4.64. The number of nitrogens with zero attached hydrogens (tertiary/aromatic N) is 6. The Balaban J connectivity index is 0.000000228. The number of nitrogens with two attached hydrogens (primary N) is 1. The molecule has 2 aliphatic heterocycles. The molecule has 0 radical (unpaired) electrons. The van der Waals surface area contributed by atoms with E-state index in [2.05, 4.69) is 91.3 Å². The zero-order chi connectivity index (χ0) is 53.7. The first-order valence-electron chi connectivity index (χ1n) is 26.2. The lowest BCUT2D eigenvalue weighted by Crippen LogP contribution is -2.30. The lowest BCUT2D eigenvalue weighted by molar-refractivity contribution is -0.114. The van der Waals surface area contributed by atoms with Crippen LogP contribution in [0, 0.1) is 0 Å². The lowest BCUT2D eigenvalue weighted by atomic mass is 9.87. The highest BCUT2D eigenvalue weighted by molar-refractivity contribution is 6.62. The van der Waals surface area contributed by atoms with E-state index >= 15 is 0 Å². The van der Waals surface area contributed by atoms with Gasteiger partial charge in [-0.2, -0.15) is 0 Å². The monoisotopic (exact) mass is 1030 g/mol. The summed E-state index contributed by atoms with van der Waals surface area (Å²) in [6.45, 7) is 19.4. The van der Waals surface area contributed by atoms with Gasteiger partial charge in [0.25, 0.3) is 11.8 Å². The van der Waals surface area contributed by atoms with Crippen molar-refractivity contribution in [3.05, 3.63) is 202 Å². The molecule has 0 spiro atoms. The fourth-order valence-corrected chi connectivity index (χ4v) is 9.71. The van der Waals surface area contributed by atoms with Crippen LogP contribution in [0.3, 0.4) is 0 Å². The molecule has 3 amide bonds. The van der Waals surface area contributed by atoms with Crippen molar-refractivity contribution in [3.8, 4) is 0 Å². The number of nitrogen functional groups attached to an aromatic ring is 1. The molecule has 2 aliphatic rings. The van der Waals surface area contributed by atoms with Crippen molar-refractivity contribution in [3.63, 3.8) is 0 Å². The highest BCUT2D eigenvalue weighted by atomic mass is 35.5. The van der Waals surface area contributed by atoms with Gasteiger partial charge in [0.2, 0.25) is 11.1 Å². The maximum atomic E-state index is 12.9. The number of carbonyl (C=O) groups excluding carboxylic acids is 4. The minimum absolute atomic E-state index is 0.0575. The number of carbonyl (C=O) groups is 4. The number of anilines is 2. The summed E-state index contributed by atoms with van der Waals surface area (Å²) in [6.07, 6.45) is 11.4. The van der Waals surface area contributed by atoms with Gasteiger partial charge in [0, 0.05) is 127 Å². The molecule has 0 bridgehead atoms. The topological polar surface area (TPSA) is 145 Å². The Hall–Kier alpha value is -7.25. The van der Waals surface area contributed by atoms with Crippen LogP contribution < -0.4 is 11.1 Å². The Morgan fingerprint density at radius 3 is 1.28 bits per heavy atom. The number of hydrogen-bond donors (Lipinski definition) is 2. The Morgan fingerprint density at radius 1 is 0.533 bits per heavy atom. The summed E-state index contributed by atoms with van der Waals surface area (Å²) in [4.78, 5) is 63.7. The molecule has 2 fully saturated rings. The molecule has 392 valence electrons. The Morgan fingerprint density at radius 2 is 0.920 bits per heavy atom. The number of rotatable bonds is 15. The third kappa shape index (κ3) is 16.9. The van der Waals surface area contributed by atoms with Crippen molar-refractivity contribution in [2.24, 2.45) is 0 Å². The summed E-state index contributed by atoms with van der Waals surface area (Å²) in [7, 11) is 0. The zero-order valence-corrected chi connectivity index (χ0v) is 45.3. The van der Waals surface area contributed by atoms with Gasteiger partial charge in [-0.25, -0.2) is 0 Å². The van der Waals surface area contributed by atoms with Crippen LogP contribution in [0.15, 0.2) is 157 Å². The fraction of sp³-hybridized carbons (Fsp3) is 0.323. The van der Waals surface area contributed by atoms with Gasteiger partial charge in [0.15, 0.2) is 0 Å². The van der Waals surface area contributed by atoms with Gasteiger partial charge < -0.3 is 20.9 Å². The first kappa shape index (κ1) is 57.0. The molecule has 8 rings (SSSR count). The minimum atomic E-state index is -0.361. The van der Waals surface area contributed by atoms with E-state index in [9.17, 15) is 19.2 Å². The smallest absolute Gasteiger partial charge is 0.253 e. The van der Waals surface area contributed by atoms with Gasteiger partial charge in [-0.05, 0) is 170 Å². The van der Waals surface area contributed by atoms with E-state index in [1.54, 1.807) is 0 Å². The number of nitrogens with one attached hydrogen (secondary N) is 1. The maximum absolute atomic E-state index is 12.9. The SMILES string of the molecule is CC(=O)Cl.CCN(CC)C(=O)c1ccc(C(=C2CCN(Cc3cccnc3)CC2)c2cccc(N)c2)cc1.CCN(CC)C(=O)c1ccc(C(=C2CCN(Cc3cccnc3)CC2)c2cccc(NC(C)=O)c2)cc1. The van der Waals surface area contributed by atoms with Crippen LogP contribution in [0.4, 0.5) is 11.4 Å². The molecular weight excluding hydrogens is 956 g/mol. The fourth-order valence-electron chi connectivity index (χ4n) is 9.71. The van der Waals surface area contributed by atoms with Crippen LogP contribution in [0.25, 0.3) is 11.1 Å². The Bertz CT molecular complexity index is 2860. The number of benzene rings is 4. The van der Waals surface area contributed by atoms with Crippen molar-refractivity contribution in [2.45, 2.75) is 80.3 Å². The Kier molecular flexibility index (Phi) is 22.1. The van der Waals surface area contributed by atoms with Crippen LogP contribution in [0.5, 0.6) is 0 Å². The molecule has 3 N–H and O–H groups in total. The number of likely N-dealkylation sites (tertiary alicyclic amines) is 2. The molecule has 0 saturated carbocycles. The van der Waals surface area contributed by atoms with E-state index in [1.165, 1.54) is 47.3 Å². The summed E-state index contributed by atoms with van der Waals surface area (Å²) in [5, 5.41) is 2.55. The summed E-state index contributed by atoms with van der Waals surface area (Å²) in [5.41, 5.74) is 21.3. The van der Waals surface area contributed by atoms with Gasteiger partial charge in [-0.15, -0.1) is 0 Å². The van der Waals surface area contributed by atoms with E-state index in [0.29, 0.717) is 31.7 Å². The molecule has 0 atom stereocenters. The number of pyridine rings is 2. The number of hydrogen-bond acceptors (Lipinski definition) is 9. The molecule has 75 heavy (non-hydrogen) atoms. The second kappa shape index (κ2) is 29.0. The van der Waals surface area contributed by atoms with Gasteiger partial charge >= 0.3 is 0 Å². The standard InChI is InChI=1S/C31H36N4O2.C29H34N4O.C2H3ClO/c1-4-35(5-2)31(37)27-13-11-25(12-14-27)30(28-9-6-10-29(20-28)33-23(3)36)26-15-18-34(19-16-26)22-24-8-7-17-32-21-24;1-3-33(4-2)29(34)25-12-10-23(11-13-25)28(26-8-5-9-27(30)19-26)24-14-17-32(18-15-24)21-22-7-6-16-31-20-22;1-2(3)4/h6-14,17,20-21H,4-5,15-16,18-19,22H2,1-3H3,(H,33,36);5-13,16,19-20H,3-4,14-15,17-18,21,30H2,1-2H3;1H3. The van der Waals surface area contributed by atoms with Crippen molar-refractivity contribution < 1.29 is 19.2 Å². The molecule has 4 heterocycles.